The van der Waals surface area contributed by atoms with Gasteiger partial charge in [-0.3, -0.25) is 4.79 Å². The molecule has 6 nitrogen and oxygen atoms in total. The van der Waals surface area contributed by atoms with Gasteiger partial charge in [-0.25, -0.2) is 18.7 Å². The van der Waals surface area contributed by atoms with Gasteiger partial charge in [-0.2, -0.15) is 0 Å². The van der Waals surface area contributed by atoms with Crippen molar-refractivity contribution < 1.29 is 13.6 Å². The van der Waals surface area contributed by atoms with Crippen molar-refractivity contribution in [1.29, 1.82) is 0 Å². The molecule has 28 heavy (non-hydrogen) atoms. The number of carbonyl (C=O) groups excluding carboxylic acids is 1. The lowest BCUT2D eigenvalue weighted by molar-refractivity contribution is 0.0741. The minimum absolute atomic E-state index is 0.0935. The Bertz CT molecular complexity index is 877. The van der Waals surface area contributed by atoms with Gasteiger partial charge < -0.3 is 14.7 Å². The van der Waals surface area contributed by atoms with Gasteiger partial charge in [0.1, 0.15) is 29.1 Å². The van der Waals surface area contributed by atoms with Crippen molar-refractivity contribution in [2.45, 2.75) is 19.8 Å². The van der Waals surface area contributed by atoms with E-state index in [-0.39, 0.29) is 5.56 Å². The highest BCUT2D eigenvalue weighted by atomic mass is 19.1. The molecule has 2 aliphatic heterocycles. The van der Waals surface area contributed by atoms with E-state index in [0.717, 1.165) is 42.7 Å². The first-order chi connectivity index (χ1) is 13.5. The summed E-state index contributed by atoms with van der Waals surface area (Å²) >= 11 is 0. The van der Waals surface area contributed by atoms with E-state index in [2.05, 4.69) is 19.8 Å². The molecule has 0 N–H and O–H groups in total. The first kappa shape index (κ1) is 18.6. The molecule has 0 saturated carbocycles. The fraction of sp³-hybridized carbons (Fsp3) is 0.450. The van der Waals surface area contributed by atoms with Crippen LogP contribution in [0.4, 0.5) is 20.4 Å². The number of carbonyl (C=O) groups is 1. The number of piperazine rings is 1. The smallest absolute Gasteiger partial charge is 0.256 e. The van der Waals surface area contributed by atoms with Crippen LogP contribution in [0.2, 0.25) is 0 Å². The number of halogens is 2. The van der Waals surface area contributed by atoms with E-state index >= 15 is 0 Å². The van der Waals surface area contributed by atoms with Crippen molar-refractivity contribution in [3.05, 3.63) is 47.3 Å². The molecule has 2 aliphatic rings. The number of benzene rings is 1. The maximum absolute atomic E-state index is 13.9. The lowest BCUT2D eigenvalue weighted by Crippen LogP contribution is -2.49. The molecule has 2 aromatic rings. The van der Waals surface area contributed by atoms with E-state index in [1.807, 2.05) is 13.0 Å². The normalized spacial score (nSPS) is 17.3. The van der Waals surface area contributed by atoms with Crippen LogP contribution in [0.5, 0.6) is 0 Å². The number of aryl methyl sites for hydroxylation is 1. The highest BCUT2D eigenvalue weighted by Gasteiger charge is 2.26. The van der Waals surface area contributed by atoms with E-state index in [0.29, 0.717) is 26.2 Å². The number of hydrogen-bond acceptors (Lipinski definition) is 5. The molecule has 0 spiro atoms. The number of anilines is 2. The van der Waals surface area contributed by atoms with Crippen molar-refractivity contribution in [1.82, 2.24) is 14.9 Å². The molecule has 2 saturated heterocycles. The third-order valence-electron chi connectivity index (χ3n) is 5.29. The second-order valence-corrected chi connectivity index (χ2v) is 7.23. The molecule has 0 atom stereocenters. The highest BCUT2D eigenvalue weighted by Crippen LogP contribution is 2.24. The predicted molar refractivity (Wildman–Crippen MR) is 103 cm³/mol. The Kier molecular flexibility index (Phi) is 5.11. The van der Waals surface area contributed by atoms with Gasteiger partial charge in [0, 0.05) is 51.4 Å². The first-order valence-electron chi connectivity index (χ1n) is 9.61. The molecule has 3 heterocycles. The summed E-state index contributed by atoms with van der Waals surface area (Å²) in [5.41, 5.74) is -0.0935. The zero-order valence-electron chi connectivity index (χ0n) is 15.9. The summed E-state index contributed by atoms with van der Waals surface area (Å²) in [6, 6.07) is 5.06. The SMILES string of the molecule is Cc1nc(N2CCCC2)cc(N2CCN(C(=O)c3ccc(F)cc3F)CC2)n1. The number of amides is 1. The number of hydrogen-bond donors (Lipinski definition) is 0. The molecule has 1 aromatic heterocycles. The van der Waals surface area contributed by atoms with Crippen molar-refractivity contribution in [2.24, 2.45) is 0 Å². The minimum atomic E-state index is -0.825. The monoisotopic (exact) mass is 387 g/mol. The van der Waals surface area contributed by atoms with E-state index in [9.17, 15) is 13.6 Å². The summed E-state index contributed by atoms with van der Waals surface area (Å²) in [5.74, 6) is 0.613. The summed E-state index contributed by atoms with van der Waals surface area (Å²) in [7, 11) is 0. The average Bonchev–Trinajstić information content (AvgIpc) is 3.22. The second-order valence-electron chi connectivity index (χ2n) is 7.23. The zero-order valence-corrected chi connectivity index (χ0v) is 15.9. The third kappa shape index (κ3) is 3.76. The van der Waals surface area contributed by atoms with E-state index in [1.54, 1.807) is 4.90 Å². The van der Waals surface area contributed by atoms with Gasteiger partial charge >= 0.3 is 0 Å². The topological polar surface area (TPSA) is 52.6 Å². The molecule has 0 aliphatic carbocycles. The summed E-state index contributed by atoms with van der Waals surface area (Å²) < 4.78 is 27.0. The lowest BCUT2D eigenvalue weighted by atomic mass is 10.1. The van der Waals surface area contributed by atoms with Crippen LogP contribution in [0, 0.1) is 18.6 Å². The maximum Gasteiger partial charge on any atom is 0.256 e. The molecule has 0 unspecified atom stereocenters. The Balaban J connectivity index is 1.44. The summed E-state index contributed by atoms with van der Waals surface area (Å²) in [5, 5.41) is 0. The van der Waals surface area contributed by atoms with Crippen molar-refractivity contribution >= 4 is 17.5 Å². The van der Waals surface area contributed by atoms with Gasteiger partial charge in [-0.15, -0.1) is 0 Å². The van der Waals surface area contributed by atoms with Crippen molar-refractivity contribution in [3.63, 3.8) is 0 Å². The zero-order chi connectivity index (χ0) is 19.7. The molecule has 0 bridgehead atoms. The maximum atomic E-state index is 13.9. The number of nitrogens with zero attached hydrogens (tertiary/aromatic N) is 5. The van der Waals surface area contributed by atoms with Gasteiger partial charge in [0.15, 0.2) is 0 Å². The van der Waals surface area contributed by atoms with Crippen molar-refractivity contribution in [2.75, 3.05) is 49.1 Å². The molecular formula is C20H23F2N5O. The fourth-order valence-electron chi connectivity index (χ4n) is 3.78. The Labute approximate surface area is 162 Å². The van der Waals surface area contributed by atoms with Crippen molar-refractivity contribution in [3.8, 4) is 0 Å². The third-order valence-corrected chi connectivity index (χ3v) is 5.29. The average molecular weight is 387 g/mol. The van der Waals surface area contributed by atoms with Gasteiger partial charge in [0.2, 0.25) is 0 Å². The standard InChI is InChI=1S/C20H23F2N5O/c1-14-23-18(25-6-2-3-7-25)13-19(24-14)26-8-10-27(11-9-26)20(28)16-5-4-15(21)12-17(16)22/h4-5,12-13H,2-3,6-11H2,1H3. The van der Waals surface area contributed by atoms with Gasteiger partial charge in [0.25, 0.3) is 5.91 Å². The number of aromatic nitrogens is 2. The molecular weight excluding hydrogens is 364 g/mol. The largest absolute Gasteiger partial charge is 0.356 e. The molecule has 8 heteroatoms. The van der Waals surface area contributed by atoms with Gasteiger partial charge in [0.05, 0.1) is 5.56 Å². The Morgan fingerprint density at radius 1 is 0.893 bits per heavy atom. The van der Waals surface area contributed by atoms with Crippen LogP contribution >= 0.6 is 0 Å². The lowest BCUT2D eigenvalue weighted by Gasteiger charge is -2.35. The minimum Gasteiger partial charge on any atom is -0.356 e. The molecule has 1 aromatic carbocycles. The van der Waals surface area contributed by atoms with Gasteiger partial charge in [-0.05, 0) is 31.9 Å². The quantitative estimate of drug-likeness (QED) is 0.811. The summed E-state index contributed by atoms with van der Waals surface area (Å²) in [4.78, 5) is 27.7. The van der Waals surface area contributed by atoms with Crippen LogP contribution in [0.15, 0.2) is 24.3 Å². The van der Waals surface area contributed by atoms with E-state index < -0.39 is 17.5 Å². The van der Waals surface area contributed by atoms with Crippen LogP contribution in [0.1, 0.15) is 29.0 Å². The molecule has 1 amide bonds. The molecule has 0 radical (unpaired) electrons. The Morgan fingerprint density at radius 2 is 1.50 bits per heavy atom. The van der Waals surface area contributed by atoms with E-state index in [4.69, 9.17) is 0 Å². The predicted octanol–water partition coefficient (Wildman–Crippen LogP) is 2.63. The van der Waals surface area contributed by atoms with Crippen LogP contribution in [0.3, 0.4) is 0 Å². The second kappa shape index (κ2) is 7.69. The summed E-state index contributed by atoms with van der Waals surface area (Å²) in [6.45, 7) is 6.04. The molecule has 4 rings (SSSR count). The number of rotatable bonds is 3. The Hall–Kier alpha value is -2.77. The first-order valence-corrected chi connectivity index (χ1v) is 9.61. The molecule has 148 valence electrons. The van der Waals surface area contributed by atoms with Crippen LogP contribution in [-0.2, 0) is 0 Å². The fourth-order valence-corrected chi connectivity index (χ4v) is 3.78. The molecule has 2 fully saturated rings. The van der Waals surface area contributed by atoms with Crippen LogP contribution < -0.4 is 9.80 Å². The van der Waals surface area contributed by atoms with E-state index in [1.165, 1.54) is 18.9 Å². The summed E-state index contributed by atoms with van der Waals surface area (Å²) in [6.07, 6.45) is 2.36. The van der Waals surface area contributed by atoms with Gasteiger partial charge in [-0.1, -0.05) is 0 Å². The highest BCUT2D eigenvalue weighted by molar-refractivity contribution is 5.94. The van der Waals surface area contributed by atoms with Crippen LogP contribution in [-0.4, -0.2) is 60.0 Å². The Morgan fingerprint density at radius 3 is 2.11 bits per heavy atom. The van der Waals surface area contributed by atoms with Crippen LogP contribution in [0.25, 0.3) is 0 Å².